The van der Waals surface area contributed by atoms with Crippen LogP contribution in [0.1, 0.15) is 25.8 Å². The standard InChI is InChI=1S/C16H19ClN4/c1-3-18-16-19-10-13(17)15(20-16)21-11(2)8-9-12-6-4-5-7-14(12)21/h4-7,10-11H,3,8-9H2,1-2H3,(H,18,19,20). The van der Waals surface area contributed by atoms with E-state index in [0.717, 1.165) is 25.2 Å². The van der Waals surface area contributed by atoms with Crippen LogP contribution in [0.2, 0.25) is 5.02 Å². The van der Waals surface area contributed by atoms with Gasteiger partial charge in [-0.3, -0.25) is 0 Å². The minimum atomic E-state index is 0.363. The van der Waals surface area contributed by atoms with Crippen molar-refractivity contribution >= 4 is 29.1 Å². The van der Waals surface area contributed by atoms with Crippen LogP contribution in [0.5, 0.6) is 0 Å². The number of hydrogen-bond acceptors (Lipinski definition) is 4. The number of para-hydroxylation sites is 1. The fraction of sp³-hybridized carbons (Fsp3) is 0.375. The Kier molecular flexibility index (Phi) is 3.97. The molecule has 0 spiro atoms. The van der Waals surface area contributed by atoms with E-state index in [1.165, 1.54) is 11.3 Å². The molecule has 1 aromatic heterocycles. The highest BCUT2D eigenvalue weighted by atomic mass is 35.5. The first kappa shape index (κ1) is 14.1. The van der Waals surface area contributed by atoms with E-state index >= 15 is 0 Å². The normalized spacial score (nSPS) is 17.5. The van der Waals surface area contributed by atoms with Gasteiger partial charge in [-0.2, -0.15) is 4.98 Å². The van der Waals surface area contributed by atoms with Crippen molar-refractivity contribution in [3.63, 3.8) is 0 Å². The van der Waals surface area contributed by atoms with Crippen LogP contribution < -0.4 is 10.2 Å². The lowest BCUT2D eigenvalue weighted by Crippen LogP contribution is -2.34. The second-order valence-electron chi connectivity index (χ2n) is 5.28. The summed E-state index contributed by atoms with van der Waals surface area (Å²) in [5.41, 5.74) is 2.54. The Bertz CT molecular complexity index is 644. The number of nitrogens with zero attached hydrogens (tertiary/aromatic N) is 3. The van der Waals surface area contributed by atoms with Crippen LogP contribution in [-0.4, -0.2) is 22.6 Å². The molecule has 1 N–H and O–H groups in total. The first-order chi connectivity index (χ1) is 10.2. The number of nitrogens with one attached hydrogen (secondary N) is 1. The molecule has 1 unspecified atom stereocenters. The second kappa shape index (κ2) is 5.90. The third-order valence-corrected chi connectivity index (χ3v) is 4.08. The van der Waals surface area contributed by atoms with Crippen LogP contribution in [0.3, 0.4) is 0 Å². The van der Waals surface area contributed by atoms with Crippen molar-refractivity contribution in [3.05, 3.63) is 41.0 Å². The fourth-order valence-corrected chi connectivity index (χ4v) is 2.96. The molecule has 1 aromatic carbocycles. The summed E-state index contributed by atoms with van der Waals surface area (Å²) in [5.74, 6) is 1.40. The first-order valence-electron chi connectivity index (χ1n) is 7.34. The second-order valence-corrected chi connectivity index (χ2v) is 5.69. The Balaban J connectivity index is 2.08. The summed E-state index contributed by atoms with van der Waals surface area (Å²) >= 11 is 6.37. The molecule has 1 atom stereocenters. The topological polar surface area (TPSA) is 41.1 Å². The van der Waals surface area contributed by atoms with E-state index in [1.807, 2.05) is 6.92 Å². The highest BCUT2D eigenvalue weighted by Gasteiger charge is 2.27. The van der Waals surface area contributed by atoms with Gasteiger partial charge in [0.05, 0.1) is 6.20 Å². The van der Waals surface area contributed by atoms with E-state index in [1.54, 1.807) is 6.20 Å². The van der Waals surface area contributed by atoms with E-state index in [0.29, 0.717) is 17.0 Å². The highest BCUT2D eigenvalue weighted by molar-refractivity contribution is 6.33. The third-order valence-electron chi connectivity index (χ3n) is 3.81. The lowest BCUT2D eigenvalue weighted by molar-refractivity contribution is 0.613. The molecule has 2 heterocycles. The maximum atomic E-state index is 6.37. The van der Waals surface area contributed by atoms with E-state index in [4.69, 9.17) is 11.6 Å². The monoisotopic (exact) mass is 302 g/mol. The number of rotatable bonds is 3. The van der Waals surface area contributed by atoms with Crippen LogP contribution >= 0.6 is 11.6 Å². The Morgan fingerprint density at radius 3 is 3.00 bits per heavy atom. The molecule has 3 rings (SSSR count). The van der Waals surface area contributed by atoms with E-state index in [-0.39, 0.29) is 0 Å². The van der Waals surface area contributed by atoms with Crippen LogP contribution in [0.4, 0.5) is 17.5 Å². The van der Waals surface area contributed by atoms with Crippen molar-refractivity contribution in [1.82, 2.24) is 9.97 Å². The molecule has 0 saturated carbocycles. The molecular weight excluding hydrogens is 284 g/mol. The molecule has 0 radical (unpaired) electrons. The number of halogens is 1. The van der Waals surface area contributed by atoms with E-state index in [9.17, 15) is 0 Å². The van der Waals surface area contributed by atoms with Gasteiger partial charge in [-0.05, 0) is 38.3 Å². The molecule has 5 heteroatoms. The summed E-state index contributed by atoms with van der Waals surface area (Å²) in [6.45, 7) is 5.02. The molecule has 4 nitrogen and oxygen atoms in total. The van der Waals surface area contributed by atoms with Crippen molar-refractivity contribution in [2.45, 2.75) is 32.7 Å². The van der Waals surface area contributed by atoms with Gasteiger partial charge in [-0.25, -0.2) is 4.98 Å². The summed E-state index contributed by atoms with van der Waals surface area (Å²) in [5, 5.41) is 3.73. The summed E-state index contributed by atoms with van der Waals surface area (Å²) < 4.78 is 0. The van der Waals surface area contributed by atoms with Crippen molar-refractivity contribution in [2.75, 3.05) is 16.8 Å². The zero-order valence-electron chi connectivity index (χ0n) is 12.3. The van der Waals surface area contributed by atoms with Gasteiger partial charge in [0.25, 0.3) is 0 Å². The molecule has 0 amide bonds. The lowest BCUT2D eigenvalue weighted by atomic mass is 9.97. The van der Waals surface area contributed by atoms with E-state index < -0.39 is 0 Å². The number of aromatic nitrogens is 2. The molecular formula is C16H19ClN4. The number of benzene rings is 1. The largest absolute Gasteiger partial charge is 0.354 e. The Labute approximate surface area is 130 Å². The molecule has 2 aromatic rings. The van der Waals surface area contributed by atoms with Crippen molar-refractivity contribution in [3.8, 4) is 0 Å². The highest BCUT2D eigenvalue weighted by Crippen LogP contribution is 2.38. The van der Waals surface area contributed by atoms with E-state index in [2.05, 4.69) is 51.4 Å². The molecule has 0 saturated heterocycles. The van der Waals surface area contributed by atoms with Gasteiger partial charge in [-0.15, -0.1) is 0 Å². The Morgan fingerprint density at radius 2 is 2.19 bits per heavy atom. The minimum absolute atomic E-state index is 0.363. The van der Waals surface area contributed by atoms with Gasteiger partial charge in [0.1, 0.15) is 5.02 Å². The average Bonchev–Trinajstić information content (AvgIpc) is 2.50. The predicted octanol–water partition coefficient (Wildman–Crippen LogP) is 4.03. The van der Waals surface area contributed by atoms with Crippen LogP contribution in [-0.2, 0) is 6.42 Å². The summed E-state index contributed by atoms with van der Waals surface area (Å²) in [6.07, 6.45) is 3.86. The molecule has 1 aliphatic rings. The number of hydrogen-bond donors (Lipinski definition) is 1. The zero-order chi connectivity index (χ0) is 14.8. The predicted molar refractivity (Wildman–Crippen MR) is 87.6 cm³/mol. The van der Waals surface area contributed by atoms with Gasteiger partial charge in [0.15, 0.2) is 5.82 Å². The SMILES string of the molecule is CCNc1ncc(Cl)c(N2c3ccccc3CCC2C)n1. The van der Waals surface area contributed by atoms with Crippen molar-refractivity contribution in [2.24, 2.45) is 0 Å². The van der Waals surface area contributed by atoms with Gasteiger partial charge in [-0.1, -0.05) is 29.8 Å². The summed E-state index contributed by atoms with van der Waals surface area (Å²) in [6, 6.07) is 8.81. The van der Waals surface area contributed by atoms with Gasteiger partial charge < -0.3 is 10.2 Å². The summed E-state index contributed by atoms with van der Waals surface area (Å²) in [4.78, 5) is 11.1. The van der Waals surface area contributed by atoms with Gasteiger partial charge in [0, 0.05) is 18.3 Å². The quantitative estimate of drug-likeness (QED) is 0.929. The minimum Gasteiger partial charge on any atom is -0.354 e. The number of fused-ring (bicyclic) bond motifs is 1. The third kappa shape index (κ3) is 2.68. The number of aryl methyl sites for hydroxylation is 1. The van der Waals surface area contributed by atoms with Crippen molar-refractivity contribution < 1.29 is 0 Å². The van der Waals surface area contributed by atoms with Gasteiger partial charge in [0.2, 0.25) is 5.95 Å². The number of anilines is 3. The smallest absolute Gasteiger partial charge is 0.224 e. The maximum absolute atomic E-state index is 6.37. The average molecular weight is 303 g/mol. The van der Waals surface area contributed by atoms with Crippen LogP contribution in [0.25, 0.3) is 0 Å². The molecule has 1 aliphatic heterocycles. The Hall–Kier alpha value is -1.81. The molecule has 0 fully saturated rings. The molecule has 0 bridgehead atoms. The van der Waals surface area contributed by atoms with Crippen LogP contribution in [0.15, 0.2) is 30.5 Å². The fourth-order valence-electron chi connectivity index (χ4n) is 2.78. The molecule has 21 heavy (non-hydrogen) atoms. The Morgan fingerprint density at radius 1 is 1.38 bits per heavy atom. The summed E-state index contributed by atoms with van der Waals surface area (Å²) in [7, 11) is 0. The molecule has 110 valence electrons. The lowest BCUT2D eigenvalue weighted by Gasteiger charge is -2.36. The first-order valence-corrected chi connectivity index (χ1v) is 7.72. The van der Waals surface area contributed by atoms with Crippen LogP contribution in [0, 0.1) is 0 Å². The molecule has 0 aliphatic carbocycles. The van der Waals surface area contributed by atoms with Crippen molar-refractivity contribution in [1.29, 1.82) is 0 Å². The zero-order valence-corrected chi connectivity index (χ0v) is 13.1. The maximum Gasteiger partial charge on any atom is 0.224 e. The van der Waals surface area contributed by atoms with Gasteiger partial charge >= 0.3 is 0 Å².